The quantitative estimate of drug-likeness (QED) is 0.651. The van der Waals surface area contributed by atoms with Crippen molar-refractivity contribution < 1.29 is 13.2 Å². The highest BCUT2D eigenvalue weighted by molar-refractivity contribution is 5.60. The second kappa shape index (κ2) is 5.64. The number of pyridine rings is 1. The third-order valence-corrected chi connectivity index (χ3v) is 5.15. The predicted molar refractivity (Wildman–Crippen MR) is 93.6 cm³/mol. The lowest BCUT2D eigenvalue weighted by Gasteiger charge is -2.40. The molecule has 142 valence electrons. The normalized spacial score (nSPS) is 16.6. The molecule has 4 rings (SSSR count). The van der Waals surface area contributed by atoms with E-state index in [-0.39, 0.29) is 0 Å². The Kier molecular flexibility index (Phi) is 3.70. The van der Waals surface area contributed by atoms with Crippen LogP contribution in [0.15, 0.2) is 18.6 Å². The smallest absolute Gasteiger partial charge is 0.350 e. The number of nitrogens with zero attached hydrogens (tertiary/aromatic N) is 6. The van der Waals surface area contributed by atoms with Gasteiger partial charge in [-0.2, -0.15) is 17.7 Å². The summed E-state index contributed by atoms with van der Waals surface area (Å²) in [6.45, 7) is 8.77. The average molecular weight is 376 g/mol. The number of hydrogen-bond acceptors (Lipinski definition) is 5. The molecule has 0 spiro atoms. The van der Waals surface area contributed by atoms with E-state index < -0.39 is 17.2 Å². The molecule has 0 unspecified atom stereocenters. The summed E-state index contributed by atoms with van der Waals surface area (Å²) in [4.78, 5) is 6.16. The van der Waals surface area contributed by atoms with E-state index in [2.05, 4.69) is 20.3 Å². The van der Waals surface area contributed by atoms with Crippen molar-refractivity contribution in [2.24, 2.45) is 0 Å². The van der Waals surface area contributed by atoms with Crippen LogP contribution in [0.5, 0.6) is 0 Å². The number of rotatable bonds is 1. The molecule has 0 bridgehead atoms. The lowest BCUT2D eigenvalue weighted by molar-refractivity contribution is -0.137. The van der Waals surface area contributed by atoms with Gasteiger partial charge >= 0.3 is 6.18 Å². The summed E-state index contributed by atoms with van der Waals surface area (Å²) in [5.41, 5.74) is 2.69. The van der Waals surface area contributed by atoms with Crippen LogP contribution in [0.2, 0.25) is 0 Å². The maximum atomic E-state index is 13.1. The Morgan fingerprint density at radius 2 is 1.89 bits per heavy atom. The highest BCUT2D eigenvalue weighted by Gasteiger charge is 2.38. The molecule has 0 amide bonds. The minimum absolute atomic E-state index is 0.316. The standard InChI is InChI=1S/C18H19F3N6/c1-10-11(2)16(25-27-9-23-24-15(10)27)26-7-12-5-13(18(19,20)21)6-22-14(12)17(3,4)8-26/h5-6,9H,7-8H2,1-4H3. The fourth-order valence-electron chi connectivity index (χ4n) is 3.72. The molecule has 3 aromatic heterocycles. The van der Waals surface area contributed by atoms with Crippen LogP contribution in [-0.2, 0) is 18.1 Å². The van der Waals surface area contributed by atoms with Gasteiger partial charge in [0.15, 0.2) is 11.5 Å². The largest absolute Gasteiger partial charge is 0.417 e. The average Bonchev–Trinajstić information content (AvgIpc) is 3.05. The Labute approximate surface area is 154 Å². The van der Waals surface area contributed by atoms with E-state index in [0.29, 0.717) is 30.0 Å². The third-order valence-electron chi connectivity index (χ3n) is 5.15. The number of alkyl halides is 3. The molecule has 27 heavy (non-hydrogen) atoms. The van der Waals surface area contributed by atoms with Gasteiger partial charge in [-0.3, -0.25) is 4.98 Å². The number of fused-ring (bicyclic) bond motifs is 2. The number of halogens is 3. The molecule has 9 heteroatoms. The van der Waals surface area contributed by atoms with Crippen molar-refractivity contribution in [3.05, 3.63) is 46.5 Å². The number of aromatic nitrogens is 5. The fourth-order valence-corrected chi connectivity index (χ4v) is 3.72. The topological polar surface area (TPSA) is 59.2 Å². The van der Waals surface area contributed by atoms with Crippen LogP contribution in [0, 0.1) is 13.8 Å². The molecule has 0 aliphatic carbocycles. The molecule has 0 radical (unpaired) electrons. The van der Waals surface area contributed by atoms with Crippen LogP contribution < -0.4 is 4.90 Å². The summed E-state index contributed by atoms with van der Waals surface area (Å²) < 4.78 is 41.0. The van der Waals surface area contributed by atoms with E-state index in [0.717, 1.165) is 23.1 Å². The van der Waals surface area contributed by atoms with E-state index in [4.69, 9.17) is 0 Å². The lowest BCUT2D eigenvalue weighted by Crippen LogP contribution is -2.44. The maximum absolute atomic E-state index is 13.1. The lowest BCUT2D eigenvalue weighted by atomic mass is 9.81. The predicted octanol–water partition coefficient (Wildman–Crippen LogP) is 3.45. The minimum atomic E-state index is -4.42. The van der Waals surface area contributed by atoms with E-state index in [9.17, 15) is 13.2 Å². The SMILES string of the molecule is Cc1c(N2Cc3cc(C(F)(F)F)cnc3C(C)(C)C2)nn2cnnc2c1C. The molecular weight excluding hydrogens is 357 g/mol. The van der Waals surface area contributed by atoms with E-state index in [1.165, 1.54) is 12.4 Å². The summed E-state index contributed by atoms with van der Waals surface area (Å²) in [6.07, 6.45) is -1.97. The summed E-state index contributed by atoms with van der Waals surface area (Å²) >= 11 is 0. The molecule has 1 aliphatic heterocycles. The fraction of sp³-hybridized carbons (Fsp3) is 0.444. The van der Waals surface area contributed by atoms with Crippen LogP contribution in [0.4, 0.5) is 19.0 Å². The van der Waals surface area contributed by atoms with Gasteiger partial charge in [-0.25, -0.2) is 0 Å². The van der Waals surface area contributed by atoms with E-state index >= 15 is 0 Å². The first-order chi connectivity index (χ1) is 12.6. The summed E-state index contributed by atoms with van der Waals surface area (Å²) in [5.74, 6) is 0.718. The van der Waals surface area contributed by atoms with Gasteiger partial charge in [-0.1, -0.05) is 13.8 Å². The first-order valence-electron chi connectivity index (χ1n) is 8.57. The Balaban J connectivity index is 1.83. The molecular formula is C18H19F3N6. The Bertz CT molecular complexity index is 1040. The van der Waals surface area contributed by atoms with Crippen LogP contribution >= 0.6 is 0 Å². The molecule has 0 N–H and O–H groups in total. The highest BCUT2D eigenvalue weighted by atomic mass is 19.4. The van der Waals surface area contributed by atoms with Gasteiger partial charge in [0.1, 0.15) is 6.33 Å². The van der Waals surface area contributed by atoms with Crippen LogP contribution in [-0.4, -0.2) is 31.3 Å². The number of hydrogen-bond donors (Lipinski definition) is 0. The van der Waals surface area contributed by atoms with Crippen LogP contribution in [0.3, 0.4) is 0 Å². The second-order valence-electron chi connectivity index (χ2n) is 7.64. The van der Waals surface area contributed by atoms with Gasteiger partial charge in [0.25, 0.3) is 0 Å². The van der Waals surface area contributed by atoms with Gasteiger partial charge in [-0.05, 0) is 25.5 Å². The van der Waals surface area contributed by atoms with Gasteiger partial charge in [0.2, 0.25) is 0 Å². The van der Waals surface area contributed by atoms with Gasteiger partial charge in [-0.15, -0.1) is 15.3 Å². The van der Waals surface area contributed by atoms with Crippen molar-refractivity contribution in [2.75, 3.05) is 11.4 Å². The van der Waals surface area contributed by atoms with E-state index in [1.54, 1.807) is 4.52 Å². The first kappa shape index (κ1) is 17.7. The van der Waals surface area contributed by atoms with Gasteiger partial charge in [0, 0.05) is 35.8 Å². The van der Waals surface area contributed by atoms with E-state index in [1.807, 2.05) is 32.6 Å². The number of anilines is 1. The van der Waals surface area contributed by atoms with Crippen molar-refractivity contribution in [2.45, 2.75) is 45.8 Å². The van der Waals surface area contributed by atoms with Crippen molar-refractivity contribution in [3.63, 3.8) is 0 Å². The second-order valence-corrected chi connectivity index (χ2v) is 7.64. The maximum Gasteiger partial charge on any atom is 0.417 e. The monoisotopic (exact) mass is 376 g/mol. The summed E-state index contributed by atoms with van der Waals surface area (Å²) in [7, 11) is 0. The van der Waals surface area contributed by atoms with Crippen LogP contribution in [0.1, 0.15) is 41.8 Å². The molecule has 0 saturated heterocycles. The van der Waals surface area contributed by atoms with Crippen molar-refractivity contribution in [1.29, 1.82) is 0 Å². The molecule has 0 aromatic carbocycles. The van der Waals surface area contributed by atoms with Gasteiger partial charge in [0.05, 0.1) is 11.3 Å². The molecule has 0 atom stereocenters. The van der Waals surface area contributed by atoms with Crippen molar-refractivity contribution >= 4 is 11.5 Å². The first-order valence-corrected chi connectivity index (χ1v) is 8.57. The zero-order valence-corrected chi connectivity index (χ0v) is 15.5. The Morgan fingerprint density at radius 3 is 2.59 bits per heavy atom. The molecule has 4 heterocycles. The molecule has 0 saturated carbocycles. The summed E-state index contributed by atoms with van der Waals surface area (Å²) in [6, 6.07) is 1.20. The van der Waals surface area contributed by atoms with Crippen LogP contribution in [0.25, 0.3) is 5.65 Å². The summed E-state index contributed by atoms with van der Waals surface area (Å²) in [5, 5.41) is 12.6. The number of aryl methyl sites for hydroxylation is 1. The highest BCUT2D eigenvalue weighted by Crippen LogP contribution is 2.38. The zero-order chi connectivity index (χ0) is 19.6. The Hall–Kier alpha value is -2.71. The minimum Gasteiger partial charge on any atom is -0.350 e. The Morgan fingerprint density at radius 1 is 1.15 bits per heavy atom. The molecule has 1 aliphatic rings. The zero-order valence-electron chi connectivity index (χ0n) is 15.5. The third kappa shape index (κ3) is 2.81. The molecule has 6 nitrogen and oxygen atoms in total. The van der Waals surface area contributed by atoms with Gasteiger partial charge < -0.3 is 4.90 Å². The van der Waals surface area contributed by atoms with Crippen molar-refractivity contribution in [3.8, 4) is 0 Å². The molecule has 0 fully saturated rings. The molecule has 3 aromatic rings. The van der Waals surface area contributed by atoms with Crippen molar-refractivity contribution in [1.82, 2.24) is 24.8 Å².